The van der Waals surface area contributed by atoms with E-state index in [2.05, 4.69) is 0 Å². The Morgan fingerprint density at radius 1 is 0.444 bits per heavy atom. The van der Waals surface area contributed by atoms with Gasteiger partial charge in [0.25, 0.3) is 0 Å². The average molecular weight is 711 g/mol. The van der Waals surface area contributed by atoms with Gasteiger partial charge in [-0.15, -0.1) is 0 Å². The fraction of sp³-hybridized carbons (Fsp3) is 0.0435. The molecule has 2 N–H and O–H groups in total. The highest BCUT2D eigenvalue weighted by Crippen LogP contribution is 2.48. The van der Waals surface area contributed by atoms with Crippen molar-refractivity contribution in [3.8, 4) is 45.3 Å². The Labute approximate surface area is 308 Å². The van der Waals surface area contributed by atoms with E-state index in [0.29, 0.717) is 67.1 Å². The summed E-state index contributed by atoms with van der Waals surface area (Å²) < 4.78 is 11.8. The standard InChI is InChI=1S/C46H30O8/c47-25-31-23-29-11-3-7-15-35(29)43(45(31)51)41-33-13-5-1-9-27(33)17-19-37(41)53-39(49)21-22-40(50)54-38-20-18-28-10-2-6-14-34(28)42(38)44-36-16-8-4-12-30(36)24-32(26-48)46(44)52/h1-20,23-26,51-52H,21-22H2. The third-order valence-corrected chi connectivity index (χ3v) is 9.62. The molecule has 262 valence electrons. The van der Waals surface area contributed by atoms with Crippen molar-refractivity contribution in [3.63, 3.8) is 0 Å². The van der Waals surface area contributed by atoms with Crippen molar-refractivity contribution in [1.82, 2.24) is 0 Å². The first-order chi connectivity index (χ1) is 26.4. The van der Waals surface area contributed by atoms with E-state index in [0.717, 1.165) is 10.8 Å². The minimum atomic E-state index is -0.722. The summed E-state index contributed by atoms with van der Waals surface area (Å²) in [6.07, 6.45) is 0.475. The molecule has 0 saturated carbocycles. The number of hydrogen-bond donors (Lipinski definition) is 2. The SMILES string of the molecule is O=Cc1cc2ccccc2c(-c2c(OC(=O)CCC(=O)Oc3ccc4ccccc4c3-c3c(O)c(C=O)cc4ccccc34)ccc3ccccc23)c1O. The van der Waals surface area contributed by atoms with Gasteiger partial charge in [0, 0.05) is 22.3 Å². The zero-order chi connectivity index (χ0) is 37.3. The van der Waals surface area contributed by atoms with Crippen LogP contribution in [0.3, 0.4) is 0 Å². The summed E-state index contributed by atoms with van der Waals surface area (Å²) in [5.74, 6) is -1.65. The van der Waals surface area contributed by atoms with Crippen LogP contribution in [0.5, 0.6) is 23.0 Å². The molecule has 0 aliphatic rings. The first-order valence-electron chi connectivity index (χ1n) is 17.2. The van der Waals surface area contributed by atoms with Gasteiger partial charge in [-0.1, -0.05) is 109 Å². The molecule has 8 heteroatoms. The molecule has 0 saturated heterocycles. The Bertz CT molecular complexity index is 2640. The van der Waals surface area contributed by atoms with Gasteiger partial charge in [-0.3, -0.25) is 19.2 Å². The van der Waals surface area contributed by atoms with Crippen molar-refractivity contribution < 1.29 is 38.9 Å². The largest absolute Gasteiger partial charge is 0.507 e. The maximum Gasteiger partial charge on any atom is 0.311 e. The average Bonchev–Trinajstić information content (AvgIpc) is 3.20. The maximum atomic E-state index is 13.5. The van der Waals surface area contributed by atoms with Gasteiger partial charge in [0.15, 0.2) is 12.6 Å². The molecule has 54 heavy (non-hydrogen) atoms. The van der Waals surface area contributed by atoms with Crippen LogP contribution in [0.1, 0.15) is 33.6 Å². The summed E-state index contributed by atoms with van der Waals surface area (Å²) in [5.41, 5.74) is 1.70. The van der Waals surface area contributed by atoms with Gasteiger partial charge >= 0.3 is 11.9 Å². The number of phenols is 2. The fourth-order valence-electron chi connectivity index (χ4n) is 7.14. The van der Waals surface area contributed by atoms with Gasteiger partial charge < -0.3 is 19.7 Å². The summed E-state index contributed by atoms with van der Waals surface area (Å²) in [6.45, 7) is 0. The van der Waals surface area contributed by atoms with E-state index >= 15 is 0 Å². The lowest BCUT2D eigenvalue weighted by Crippen LogP contribution is -2.15. The van der Waals surface area contributed by atoms with E-state index in [-0.39, 0.29) is 47.0 Å². The normalized spacial score (nSPS) is 11.2. The molecular formula is C46H30O8. The fourth-order valence-corrected chi connectivity index (χ4v) is 7.14. The number of aromatic hydroxyl groups is 2. The number of hydrogen-bond acceptors (Lipinski definition) is 8. The van der Waals surface area contributed by atoms with Crippen LogP contribution in [0, 0.1) is 0 Å². The molecule has 0 amide bonds. The molecule has 0 bridgehead atoms. The van der Waals surface area contributed by atoms with Crippen LogP contribution in [0.15, 0.2) is 133 Å². The molecule has 0 radical (unpaired) electrons. The van der Waals surface area contributed by atoms with E-state index in [9.17, 15) is 29.4 Å². The van der Waals surface area contributed by atoms with E-state index in [1.807, 2.05) is 97.1 Å². The molecule has 8 nitrogen and oxygen atoms in total. The smallest absolute Gasteiger partial charge is 0.311 e. The number of phenolic OH excluding ortho intramolecular Hbond substituents is 2. The van der Waals surface area contributed by atoms with Crippen LogP contribution in [0.4, 0.5) is 0 Å². The van der Waals surface area contributed by atoms with Crippen molar-refractivity contribution in [3.05, 3.63) is 145 Å². The second-order valence-electron chi connectivity index (χ2n) is 12.8. The topological polar surface area (TPSA) is 127 Å². The number of ether oxygens (including phenoxy) is 2. The van der Waals surface area contributed by atoms with Gasteiger partial charge in [-0.05, 0) is 67.4 Å². The van der Waals surface area contributed by atoms with Gasteiger partial charge in [-0.25, -0.2) is 0 Å². The number of fused-ring (bicyclic) bond motifs is 4. The molecule has 0 aromatic heterocycles. The highest BCUT2D eigenvalue weighted by atomic mass is 16.5. The Hall–Kier alpha value is -7.32. The summed E-state index contributed by atoms with van der Waals surface area (Å²) in [7, 11) is 0. The zero-order valence-corrected chi connectivity index (χ0v) is 28.6. The molecule has 0 fully saturated rings. The van der Waals surface area contributed by atoms with Crippen LogP contribution in [-0.4, -0.2) is 34.7 Å². The Kier molecular flexibility index (Phi) is 8.77. The van der Waals surface area contributed by atoms with Crippen LogP contribution in [0.25, 0.3) is 65.3 Å². The third-order valence-electron chi connectivity index (χ3n) is 9.62. The molecule has 0 spiro atoms. The van der Waals surface area contributed by atoms with Crippen LogP contribution >= 0.6 is 0 Å². The van der Waals surface area contributed by atoms with Crippen molar-refractivity contribution in [2.24, 2.45) is 0 Å². The Morgan fingerprint density at radius 2 is 0.778 bits per heavy atom. The van der Waals surface area contributed by atoms with Gasteiger partial charge in [0.2, 0.25) is 0 Å². The predicted octanol–water partition coefficient (Wildman–Crippen LogP) is 9.96. The quantitative estimate of drug-likeness (QED) is 0.0861. The minimum absolute atomic E-state index is 0.0870. The molecule has 8 aromatic rings. The highest BCUT2D eigenvalue weighted by Gasteiger charge is 2.24. The predicted molar refractivity (Wildman–Crippen MR) is 208 cm³/mol. The van der Waals surface area contributed by atoms with Crippen LogP contribution < -0.4 is 9.47 Å². The minimum Gasteiger partial charge on any atom is -0.507 e. The summed E-state index contributed by atoms with van der Waals surface area (Å²) in [4.78, 5) is 51.0. The molecular weight excluding hydrogens is 680 g/mol. The van der Waals surface area contributed by atoms with E-state index in [4.69, 9.17) is 9.47 Å². The van der Waals surface area contributed by atoms with E-state index < -0.39 is 11.9 Å². The first kappa shape index (κ1) is 33.8. The molecule has 0 aliphatic heterocycles. The molecule has 8 rings (SSSR count). The lowest BCUT2D eigenvalue weighted by Gasteiger charge is -2.18. The lowest BCUT2D eigenvalue weighted by atomic mass is 9.90. The monoisotopic (exact) mass is 710 g/mol. The maximum absolute atomic E-state index is 13.5. The van der Waals surface area contributed by atoms with Gasteiger partial charge in [-0.2, -0.15) is 0 Å². The first-order valence-corrected chi connectivity index (χ1v) is 17.2. The number of rotatable bonds is 9. The Morgan fingerprint density at radius 3 is 1.15 bits per heavy atom. The number of carbonyl (C=O) groups excluding carboxylic acids is 4. The molecule has 0 atom stereocenters. The Balaban J connectivity index is 1.12. The van der Waals surface area contributed by atoms with Gasteiger partial charge in [0.05, 0.1) is 24.0 Å². The molecule has 0 aliphatic carbocycles. The van der Waals surface area contributed by atoms with Crippen molar-refractivity contribution in [2.75, 3.05) is 0 Å². The van der Waals surface area contributed by atoms with Crippen molar-refractivity contribution in [2.45, 2.75) is 12.8 Å². The molecule has 8 aromatic carbocycles. The third kappa shape index (κ3) is 5.95. The van der Waals surface area contributed by atoms with E-state index in [1.165, 1.54) is 0 Å². The lowest BCUT2D eigenvalue weighted by molar-refractivity contribution is -0.140. The number of carbonyl (C=O) groups is 4. The number of esters is 2. The second kappa shape index (κ2) is 14.0. The highest BCUT2D eigenvalue weighted by molar-refractivity contribution is 6.14. The summed E-state index contributed by atoms with van der Waals surface area (Å²) in [5, 5.41) is 28.5. The van der Waals surface area contributed by atoms with Crippen molar-refractivity contribution in [1.29, 1.82) is 0 Å². The van der Waals surface area contributed by atoms with Crippen molar-refractivity contribution >= 4 is 67.6 Å². The van der Waals surface area contributed by atoms with Gasteiger partial charge in [0.1, 0.15) is 23.0 Å². The molecule has 0 heterocycles. The van der Waals surface area contributed by atoms with E-state index in [1.54, 1.807) is 36.4 Å². The zero-order valence-electron chi connectivity index (χ0n) is 28.6. The summed E-state index contributed by atoms with van der Waals surface area (Å²) in [6, 6.07) is 39.5. The summed E-state index contributed by atoms with van der Waals surface area (Å²) >= 11 is 0. The second-order valence-corrected chi connectivity index (χ2v) is 12.8. The number of benzene rings is 8. The van der Waals surface area contributed by atoms with Crippen LogP contribution in [-0.2, 0) is 9.59 Å². The van der Waals surface area contributed by atoms with Crippen LogP contribution in [0.2, 0.25) is 0 Å². The molecule has 0 unspecified atom stereocenters. The number of aldehydes is 2.